The minimum atomic E-state index is -2.09. The topological polar surface area (TPSA) is 99.6 Å². The van der Waals surface area contributed by atoms with Crippen molar-refractivity contribution in [3.63, 3.8) is 0 Å². The lowest BCUT2D eigenvalue weighted by Crippen LogP contribution is -2.20. The summed E-state index contributed by atoms with van der Waals surface area (Å²) in [5.74, 6) is -0.368. The number of aliphatic hydroxyl groups excluding tert-OH is 1. The molecular weight excluding hydrogens is 274 g/mol. The Hall–Kier alpha value is -2.18. The van der Waals surface area contributed by atoms with Gasteiger partial charge in [0.2, 0.25) is 17.6 Å². The summed E-state index contributed by atoms with van der Waals surface area (Å²) >= 11 is 0. The van der Waals surface area contributed by atoms with Crippen molar-refractivity contribution >= 4 is 16.7 Å². The summed E-state index contributed by atoms with van der Waals surface area (Å²) in [6.07, 6.45) is -0.247. The maximum absolute atomic E-state index is 11.8. The fraction of sp³-hybridized carbons (Fsp3) is 0.333. The number of aromatic amines is 1. The number of hydrogen-bond donors (Lipinski definition) is 3. The van der Waals surface area contributed by atoms with Gasteiger partial charge >= 0.3 is 0 Å². The lowest BCUT2D eigenvalue weighted by Gasteiger charge is -2.12. The van der Waals surface area contributed by atoms with Gasteiger partial charge < -0.3 is 19.9 Å². The number of Topliss-reactive ketones (excluding diaryl/α,β-unsaturated/α-hetero) is 1. The zero-order valence-corrected chi connectivity index (χ0v) is 11.6. The molecule has 1 heterocycles. The number of carbonyl (C=O) groups excluding carboxylic acids is 1. The van der Waals surface area contributed by atoms with Crippen molar-refractivity contribution < 1.29 is 19.7 Å². The molecule has 1 aromatic carbocycles. The molecule has 112 valence electrons. The van der Waals surface area contributed by atoms with Gasteiger partial charge in [0.05, 0.1) is 12.1 Å². The highest BCUT2D eigenvalue weighted by Gasteiger charge is 2.18. The SMILES string of the molecule is CCCCOc1ccc(C(=O)C(O)O)c2ccc(=O)[nH]c12. The van der Waals surface area contributed by atoms with Crippen molar-refractivity contribution in [1.82, 2.24) is 4.98 Å². The van der Waals surface area contributed by atoms with Crippen molar-refractivity contribution in [3.8, 4) is 5.75 Å². The molecule has 0 aliphatic carbocycles. The molecule has 0 aliphatic heterocycles. The Morgan fingerprint density at radius 1 is 1.29 bits per heavy atom. The average Bonchev–Trinajstić information content (AvgIpc) is 2.46. The standard InChI is InChI=1S/C15H17NO5/c1-2-3-8-21-11-6-4-10(14(18)15(19)20)9-5-7-12(17)16-13(9)11/h4-7,15,19-20H,2-3,8H2,1H3,(H,16,17). The average molecular weight is 291 g/mol. The summed E-state index contributed by atoms with van der Waals surface area (Å²) < 4.78 is 5.60. The Labute approximate surface area is 121 Å². The quantitative estimate of drug-likeness (QED) is 0.422. The lowest BCUT2D eigenvalue weighted by atomic mass is 10.0. The van der Waals surface area contributed by atoms with E-state index in [1.807, 2.05) is 6.92 Å². The maximum atomic E-state index is 11.8. The van der Waals surface area contributed by atoms with Crippen LogP contribution < -0.4 is 10.3 Å². The number of benzene rings is 1. The van der Waals surface area contributed by atoms with E-state index >= 15 is 0 Å². The Morgan fingerprint density at radius 3 is 2.71 bits per heavy atom. The third-order valence-corrected chi connectivity index (χ3v) is 3.11. The first kappa shape index (κ1) is 15.2. The van der Waals surface area contributed by atoms with Crippen molar-refractivity contribution in [3.05, 3.63) is 40.2 Å². The summed E-state index contributed by atoms with van der Waals surface area (Å²) in [5, 5.41) is 18.5. The van der Waals surface area contributed by atoms with Crippen LogP contribution in [0.4, 0.5) is 0 Å². The first-order valence-electron chi connectivity index (χ1n) is 6.73. The number of carbonyl (C=O) groups is 1. The van der Waals surface area contributed by atoms with Crippen LogP contribution in [0.3, 0.4) is 0 Å². The first-order chi connectivity index (χ1) is 10.0. The van der Waals surface area contributed by atoms with E-state index in [0.29, 0.717) is 23.3 Å². The molecule has 0 atom stereocenters. The van der Waals surface area contributed by atoms with Crippen LogP contribution in [-0.4, -0.2) is 33.9 Å². The second-order valence-electron chi connectivity index (χ2n) is 4.66. The molecule has 3 N–H and O–H groups in total. The van der Waals surface area contributed by atoms with Gasteiger partial charge in [-0.25, -0.2) is 0 Å². The van der Waals surface area contributed by atoms with Gasteiger partial charge in [0.15, 0.2) is 0 Å². The van der Waals surface area contributed by atoms with Crippen LogP contribution in [0.1, 0.15) is 30.1 Å². The fourth-order valence-electron chi connectivity index (χ4n) is 2.03. The highest BCUT2D eigenvalue weighted by atomic mass is 16.5. The van der Waals surface area contributed by atoms with Crippen LogP contribution >= 0.6 is 0 Å². The summed E-state index contributed by atoms with van der Waals surface area (Å²) in [7, 11) is 0. The van der Waals surface area contributed by atoms with E-state index in [1.54, 1.807) is 6.07 Å². The molecule has 0 aliphatic rings. The summed E-state index contributed by atoms with van der Waals surface area (Å²) in [4.78, 5) is 25.9. The number of H-pyrrole nitrogens is 1. The van der Waals surface area contributed by atoms with E-state index in [0.717, 1.165) is 12.8 Å². The molecular formula is C15H17NO5. The van der Waals surface area contributed by atoms with Gasteiger partial charge in [-0.1, -0.05) is 13.3 Å². The maximum Gasteiger partial charge on any atom is 0.248 e. The summed E-state index contributed by atoms with van der Waals surface area (Å²) in [6, 6.07) is 5.75. The van der Waals surface area contributed by atoms with E-state index in [-0.39, 0.29) is 11.1 Å². The highest BCUT2D eigenvalue weighted by molar-refractivity contribution is 6.09. The molecule has 0 spiro atoms. The number of aliphatic hydroxyl groups is 2. The smallest absolute Gasteiger partial charge is 0.248 e. The van der Waals surface area contributed by atoms with Gasteiger partial charge in [-0.15, -0.1) is 0 Å². The molecule has 6 heteroatoms. The number of rotatable bonds is 6. The molecule has 0 saturated heterocycles. The number of aromatic nitrogens is 1. The number of unbranched alkanes of at least 4 members (excludes halogenated alkanes) is 1. The molecule has 0 bridgehead atoms. The first-order valence-corrected chi connectivity index (χ1v) is 6.73. The molecule has 2 rings (SSSR count). The van der Waals surface area contributed by atoms with Crippen LogP contribution in [0.2, 0.25) is 0 Å². The number of pyridine rings is 1. The molecule has 0 saturated carbocycles. The third-order valence-electron chi connectivity index (χ3n) is 3.11. The summed E-state index contributed by atoms with van der Waals surface area (Å²) in [5.41, 5.74) is 0.182. The number of ether oxygens (including phenoxy) is 1. The number of ketones is 1. The van der Waals surface area contributed by atoms with Crippen LogP contribution in [-0.2, 0) is 0 Å². The van der Waals surface area contributed by atoms with Crippen LogP contribution in [0, 0.1) is 0 Å². The van der Waals surface area contributed by atoms with E-state index < -0.39 is 12.1 Å². The van der Waals surface area contributed by atoms with Crippen LogP contribution in [0.5, 0.6) is 5.75 Å². The molecule has 21 heavy (non-hydrogen) atoms. The third kappa shape index (κ3) is 3.29. The van der Waals surface area contributed by atoms with Crippen molar-refractivity contribution in [2.45, 2.75) is 26.1 Å². The van der Waals surface area contributed by atoms with E-state index in [1.165, 1.54) is 18.2 Å². The minimum absolute atomic E-state index is 0.124. The minimum Gasteiger partial charge on any atom is -0.491 e. The van der Waals surface area contributed by atoms with Crippen LogP contribution in [0.25, 0.3) is 10.9 Å². The van der Waals surface area contributed by atoms with E-state index in [4.69, 9.17) is 14.9 Å². The molecule has 0 fully saturated rings. The van der Waals surface area contributed by atoms with Gasteiger partial charge in [0.1, 0.15) is 5.75 Å². The number of hydrogen-bond acceptors (Lipinski definition) is 5. The second kappa shape index (κ2) is 6.51. The van der Waals surface area contributed by atoms with Crippen molar-refractivity contribution in [1.29, 1.82) is 0 Å². The largest absolute Gasteiger partial charge is 0.491 e. The summed E-state index contributed by atoms with van der Waals surface area (Å²) in [6.45, 7) is 2.53. The van der Waals surface area contributed by atoms with Crippen molar-refractivity contribution in [2.75, 3.05) is 6.61 Å². The molecule has 1 aromatic heterocycles. The molecule has 0 radical (unpaired) electrons. The van der Waals surface area contributed by atoms with Gasteiger partial charge in [0, 0.05) is 17.0 Å². The zero-order valence-electron chi connectivity index (χ0n) is 11.6. The monoisotopic (exact) mass is 291 g/mol. The predicted octanol–water partition coefficient (Wildman–Crippen LogP) is 1.20. The van der Waals surface area contributed by atoms with E-state index in [2.05, 4.69) is 4.98 Å². The Morgan fingerprint density at radius 2 is 2.05 bits per heavy atom. The van der Waals surface area contributed by atoms with Crippen molar-refractivity contribution in [2.24, 2.45) is 0 Å². The Kier molecular flexibility index (Phi) is 4.72. The predicted molar refractivity (Wildman–Crippen MR) is 77.5 cm³/mol. The fourth-order valence-corrected chi connectivity index (χ4v) is 2.03. The number of nitrogens with one attached hydrogen (secondary N) is 1. The lowest BCUT2D eigenvalue weighted by molar-refractivity contribution is -0.0194. The van der Waals surface area contributed by atoms with Gasteiger partial charge in [-0.05, 0) is 24.6 Å². The highest BCUT2D eigenvalue weighted by Crippen LogP contribution is 2.27. The number of fused-ring (bicyclic) bond motifs is 1. The normalized spacial score (nSPS) is 11.0. The van der Waals surface area contributed by atoms with Crippen LogP contribution in [0.15, 0.2) is 29.1 Å². The Bertz CT molecular complexity index is 705. The zero-order chi connectivity index (χ0) is 15.4. The molecule has 6 nitrogen and oxygen atoms in total. The van der Waals surface area contributed by atoms with Gasteiger partial charge in [-0.3, -0.25) is 9.59 Å². The second-order valence-corrected chi connectivity index (χ2v) is 4.66. The Balaban J connectivity index is 2.53. The van der Waals surface area contributed by atoms with Gasteiger partial charge in [0.25, 0.3) is 0 Å². The molecule has 0 unspecified atom stereocenters. The van der Waals surface area contributed by atoms with E-state index in [9.17, 15) is 9.59 Å². The molecule has 2 aromatic rings. The van der Waals surface area contributed by atoms with Gasteiger partial charge in [-0.2, -0.15) is 0 Å². The molecule has 0 amide bonds.